The first-order chi connectivity index (χ1) is 17.9. The van der Waals surface area contributed by atoms with Gasteiger partial charge in [0, 0.05) is 18.4 Å². The molecule has 1 fully saturated rings. The van der Waals surface area contributed by atoms with Gasteiger partial charge in [-0.25, -0.2) is 9.57 Å². The van der Waals surface area contributed by atoms with Crippen molar-refractivity contribution in [3.05, 3.63) is 63.6 Å². The maximum absolute atomic E-state index is 13.2. The van der Waals surface area contributed by atoms with Crippen molar-refractivity contribution in [1.82, 2.24) is 19.5 Å². The SMILES string of the molecule is CCC(C)CNCc1cc(C(=O)Nc2cccc(C3(C4=[N+]=CN4C)CC(C)C3)c2)c(=O)n(CC(F)(F)F)c1. The summed E-state index contributed by atoms with van der Waals surface area (Å²) < 4.78 is 44.6. The number of carbonyl (C=O) groups is 1. The summed E-state index contributed by atoms with van der Waals surface area (Å²) in [6, 6.07) is 8.78. The van der Waals surface area contributed by atoms with Crippen LogP contribution in [0.3, 0.4) is 0 Å². The average Bonchev–Trinajstić information content (AvgIpc) is 2.82. The number of likely N-dealkylation sites (N-methyl/N-ethyl adjacent to an activating group) is 1. The summed E-state index contributed by atoms with van der Waals surface area (Å²) in [5.74, 6) is 1.16. The molecule has 1 saturated carbocycles. The predicted octanol–water partition coefficient (Wildman–Crippen LogP) is 3.91. The smallest absolute Gasteiger partial charge is 0.322 e. The van der Waals surface area contributed by atoms with E-state index < -0.39 is 24.2 Å². The molecule has 2 N–H and O–H groups in total. The predicted molar refractivity (Wildman–Crippen MR) is 143 cm³/mol. The van der Waals surface area contributed by atoms with E-state index in [0.717, 1.165) is 30.7 Å². The number of pyridine rings is 1. The third kappa shape index (κ3) is 5.87. The summed E-state index contributed by atoms with van der Waals surface area (Å²) in [6.07, 6.45) is 1.14. The average molecular weight is 531 g/mol. The molecule has 2 aromatic rings. The van der Waals surface area contributed by atoms with Gasteiger partial charge in [0.05, 0.1) is 12.5 Å². The number of amides is 1. The second-order valence-electron chi connectivity index (χ2n) is 10.8. The minimum atomic E-state index is -4.60. The van der Waals surface area contributed by atoms with Gasteiger partial charge < -0.3 is 15.2 Å². The molecule has 1 aliphatic heterocycles. The number of carbonyl (C=O) groups excluding carboxylic acids is 1. The van der Waals surface area contributed by atoms with E-state index in [0.29, 0.717) is 34.2 Å². The largest absolute Gasteiger partial charge is 0.406 e. The third-order valence-corrected chi connectivity index (χ3v) is 7.44. The van der Waals surface area contributed by atoms with Crippen LogP contribution in [0.15, 0.2) is 41.3 Å². The number of alkyl halides is 3. The molecule has 0 radical (unpaired) electrons. The van der Waals surface area contributed by atoms with E-state index in [1.54, 1.807) is 12.4 Å². The van der Waals surface area contributed by atoms with E-state index in [1.165, 1.54) is 12.3 Å². The molecule has 204 valence electrons. The summed E-state index contributed by atoms with van der Waals surface area (Å²) in [7, 11) is 1.95. The fraction of sp³-hybridized carbons (Fsp3) is 0.500. The lowest BCUT2D eigenvalue weighted by molar-refractivity contribution is -0.141. The minimum Gasteiger partial charge on any atom is -0.322 e. The molecule has 10 heteroatoms. The molecular weight excluding hydrogens is 495 g/mol. The van der Waals surface area contributed by atoms with Crippen molar-refractivity contribution in [2.45, 2.75) is 64.7 Å². The van der Waals surface area contributed by atoms with Crippen molar-refractivity contribution in [2.24, 2.45) is 11.8 Å². The van der Waals surface area contributed by atoms with Crippen LogP contribution in [0.5, 0.6) is 0 Å². The Hall–Kier alpha value is -3.36. The van der Waals surface area contributed by atoms with Crippen molar-refractivity contribution >= 4 is 23.8 Å². The van der Waals surface area contributed by atoms with E-state index in [-0.39, 0.29) is 17.5 Å². The summed E-state index contributed by atoms with van der Waals surface area (Å²) in [6.45, 7) is 5.75. The highest BCUT2D eigenvalue weighted by atomic mass is 19.4. The zero-order valence-electron chi connectivity index (χ0n) is 22.2. The van der Waals surface area contributed by atoms with Crippen LogP contribution < -0.4 is 20.9 Å². The minimum absolute atomic E-state index is 0.242. The zero-order chi connectivity index (χ0) is 27.7. The van der Waals surface area contributed by atoms with Gasteiger partial charge in [0.25, 0.3) is 17.8 Å². The molecule has 1 aromatic carbocycles. The van der Waals surface area contributed by atoms with Crippen LogP contribution in [-0.4, -0.2) is 47.3 Å². The van der Waals surface area contributed by atoms with Crippen LogP contribution >= 0.6 is 0 Å². The molecule has 1 aromatic heterocycles. The summed E-state index contributed by atoms with van der Waals surface area (Å²) >= 11 is 0. The molecule has 1 atom stereocenters. The van der Waals surface area contributed by atoms with Crippen LogP contribution in [0.4, 0.5) is 18.9 Å². The van der Waals surface area contributed by atoms with Crippen molar-refractivity contribution in [1.29, 1.82) is 0 Å². The molecule has 1 unspecified atom stereocenters. The first-order valence-electron chi connectivity index (χ1n) is 13.0. The summed E-state index contributed by atoms with van der Waals surface area (Å²) in [5.41, 5.74) is 0.356. The summed E-state index contributed by atoms with van der Waals surface area (Å²) in [4.78, 5) is 28.1. The fourth-order valence-corrected chi connectivity index (χ4v) is 5.34. The van der Waals surface area contributed by atoms with Crippen LogP contribution in [0.2, 0.25) is 0 Å². The molecule has 38 heavy (non-hydrogen) atoms. The molecule has 0 saturated heterocycles. The Balaban J connectivity index is 1.60. The van der Waals surface area contributed by atoms with Gasteiger partial charge in [-0.05, 0) is 60.5 Å². The van der Waals surface area contributed by atoms with Crippen LogP contribution in [0, 0.1) is 11.8 Å². The van der Waals surface area contributed by atoms with Gasteiger partial charge in [-0.2, -0.15) is 13.2 Å². The molecule has 2 heterocycles. The molecule has 0 spiro atoms. The van der Waals surface area contributed by atoms with Crippen molar-refractivity contribution in [3.63, 3.8) is 0 Å². The third-order valence-electron chi connectivity index (χ3n) is 7.44. The molecule has 7 nitrogen and oxygen atoms in total. The maximum Gasteiger partial charge on any atom is 0.406 e. The Morgan fingerprint density at radius 3 is 2.58 bits per heavy atom. The van der Waals surface area contributed by atoms with Crippen molar-refractivity contribution < 1.29 is 18.0 Å². The Morgan fingerprint density at radius 2 is 2.00 bits per heavy atom. The Labute approximate surface area is 220 Å². The number of amidine groups is 1. The van der Waals surface area contributed by atoms with Gasteiger partial charge in [0.2, 0.25) is 0 Å². The molecular formula is C28H35F3N5O2+. The van der Waals surface area contributed by atoms with E-state index in [2.05, 4.69) is 36.1 Å². The number of rotatable bonds is 10. The Morgan fingerprint density at radius 1 is 1.26 bits per heavy atom. The topological polar surface area (TPSA) is 80.5 Å². The van der Waals surface area contributed by atoms with Gasteiger partial charge in [-0.15, -0.1) is 0 Å². The van der Waals surface area contributed by atoms with E-state index in [1.807, 2.05) is 30.1 Å². The van der Waals surface area contributed by atoms with Gasteiger partial charge in [0.15, 0.2) is 0 Å². The van der Waals surface area contributed by atoms with E-state index in [4.69, 9.17) is 0 Å². The molecule has 2 aliphatic rings. The van der Waals surface area contributed by atoms with Gasteiger partial charge in [-0.1, -0.05) is 39.3 Å². The van der Waals surface area contributed by atoms with Crippen LogP contribution in [0.1, 0.15) is 61.5 Å². The van der Waals surface area contributed by atoms with E-state index in [9.17, 15) is 22.8 Å². The Kier molecular flexibility index (Phi) is 7.85. The lowest BCUT2D eigenvalue weighted by Crippen LogP contribution is -2.57. The quantitative estimate of drug-likeness (QED) is 0.457. The fourth-order valence-electron chi connectivity index (χ4n) is 5.34. The first-order valence-corrected chi connectivity index (χ1v) is 13.0. The van der Waals surface area contributed by atoms with Gasteiger partial charge in [0.1, 0.15) is 12.1 Å². The summed E-state index contributed by atoms with van der Waals surface area (Å²) in [5, 5.41) is 5.94. The zero-order valence-corrected chi connectivity index (χ0v) is 22.2. The van der Waals surface area contributed by atoms with Crippen LogP contribution in [-0.2, 0) is 18.5 Å². The number of aromatic nitrogens is 1. The number of anilines is 1. The number of benzene rings is 1. The van der Waals surface area contributed by atoms with E-state index >= 15 is 0 Å². The standard InChI is InChI=1S/C28H34F3N5O2/c1-5-18(2)13-32-14-20-9-23(25(38)36(15-20)16-28(29,30)31)24(37)34-22-8-6-7-21(10-22)27(11-19(3)12-27)26-33-17-35(26)4/h6-10,15,17-19,32H,5,11-14,16H2,1-4H3/p+1. The highest BCUT2D eigenvalue weighted by molar-refractivity contribution is 6.07. The lowest BCUT2D eigenvalue weighted by atomic mass is 9.58. The normalized spacial score (nSPS) is 21.4. The number of halogens is 3. The second kappa shape index (κ2) is 10.8. The maximum atomic E-state index is 13.2. The van der Waals surface area contributed by atoms with Crippen molar-refractivity contribution in [3.8, 4) is 0 Å². The number of nitrogens with one attached hydrogen (secondary N) is 2. The molecule has 0 bridgehead atoms. The highest BCUT2D eigenvalue weighted by Gasteiger charge is 2.54. The number of hydrogen-bond acceptors (Lipinski definition) is 4. The first kappa shape index (κ1) is 27.7. The number of hydrogen-bond donors (Lipinski definition) is 2. The van der Waals surface area contributed by atoms with Gasteiger partial charge >= 0.3 is 12.0 Å². The molecule has 4 rings (SSSR count). The molecule has 1 amide bonds. The second-order valence-corrected chi connectivity index (χ2v) is 10.8. The monoisotopic (exact) mass is 530 g/mol. The highest BCUT2D eigenvalue weighted by Crippen LogP contribution is 2.49. The lowest BCUT2D eigenvalue weighted by Gasteiger charge is -2.46. The molecule has 1 aliphatic carbocycles. The van der Waals surface area contributed by atoms with Gasteiger partial charge in [-0.3, -0.25) is 9.59 Å². The van der Waals surface area contributed by atoms with Crippen molar-refractivity contribution in [2.75, 3.05) is 18.9 Å². The van der Waals surface area contributed by atoms with Crippen LogP contribution in [0.25, 0.3) is 0 Å². The number of nitrogens with zero attached hydrogens (tertiary/aromatic N) is 3. The Bertz CT molecular complexity index is 1320.